The number of benzene rings is 1. The SMILES string of the molecule is C[C@]1(O)C[C@@H](N2C(=N)N[C@]3(CC2=O)Cc2c(Nc4ccc(OC(F)F)nc4)cccc23)C1. The largest absolute Gasteiger partial charge is 0.417 e. The zero-order valence-electron chi connectivity index (χ0n) is 17.4. The number of aliphatic hydroxyl groups is 1. The maximum absolute atomic E-state index is 12.9. The van der Waals surface area contributed by atoms with Crippen LogP contribution in [0.2, 0.25) is 0 Å². The number of pyridine rings is 1. The minimum atomic E-state index is -2.93. The summed E-state index contributed by atoms with van der Waals surface area (Å²) in [6.45, 7) is -1.19. The first-order chi connectivity index (χ1) is 15.2. The molecule has 1 saturated heterocycles. The van der Waals surface area contributed by atoms with E-state index >= 15 is 0 Å². The van der Waals surface area contributed by atoms with E-state index in [9.17, 15) is 18.7 Å². The summed E-state index contributed by atoms with van der Waals surface area (Å²) in [7, 11) is 0. The Morgan fingerprint density at radius 3 is 2.72 bits per heavy atom. The summed E-state index contributed by atoms with van der Waals surface area (Å²) >= 11 is 0. The van der Waals surface area contributed by atoms with Crippen molar-refractivity contribution in [2.24, 2.45) is 0 Å². The fraction of sp³-hybridized carbons (Fsp3) is 0.409. The summed E-state index contributed by atoms with van der Waals surface area (Å²) in [5.41, 5.74) is 2.03. The van der Waals surface area contributed by atoms with Crippen molar-refractivity contribution in [1.29, 1.82) is 5.41 Å². The minimum Gasteiger partial charge on any atom is -0.417 e. The summed E-state index contributed by atoms with van der Waals surface area (Å²) in [6, 6.07) is 8.52. The number of fused-ring (bicyclic) bond motifs is 2. The predicted octanol–water partition coefficient (Wildman–Crippen LogP) is 2.85. The Labute approximate surface area is 183 Å². The van der Waals surface area contributed by atoms with Crippen molar-refractivity contribution in [2.45, 2.75) is 56.4 Å². The molecular formula is C22H23F2N5O3. The fourth-order valence-electron chi connectivity index (χ4n) is 5.00. The van der Waals surface area contributed by atoms with Crippen molar-refractivity contribution < 1.29 is 23.4 Å². The smallest absolute Gasteiger partial charge is 0.388 e. The van der Waals surface area contributed by atoms with Gasteiger partial charge in [0, 0.05) is 24.2 Å². The van der Waals surface area contributed by atoms with Gasteiger partial charge in [0.15, 0.2) is 5.96 Å². The van der Waals surface area contributed by atoms with Crippen LogP contribution < -0.4 is 15.4 Å². The third-order valence-corrected chi connectivity index (χ3v) is 6.43. The zero-order chi connectivity index (χ0) is 22.7. The van der Waals surface area contributed by atoms with Crippen LogP contribution in [0.25, 0.3) is 0 Å². The summed E-state index contributed by atoms with van der Waals surface area (Å²) in [5.74, 6) is -0.201. The Morgan fingerprint density at radius 1 is 1.31 bits per heavy atom. The van der Waals surface area contributed by atoms with Gasteiger partial charge in [-0.25, -0.2) is 4.98 Å². The Morgan fingerprint density at radius 2 is 2.09 bits per heavy atom. The molecule has 0 bridgehead atoms. The van der Waals surface area contributed by atoms with Gasteiger partial charge in [-0.1, -0.05) is 12.1 Å². The third-order valence-electron chi connectivity index (χ3n) is 6.43. The Bertz CT molecular complexity index is 1060. The van der Waals surface area contributed by atoms with E-state index in [-0.39, 0.29) is 30.2 Å². The number of aromatic nitrogens is 1. The van der Waals surface area contributed by atoms with E-state index in [0.717, 1.165) is 16.8 Å². The number of ether oxygens (including phenoxy) is 1. The Hall–Kier alpha value is -3.27. The number of halogens is 2. The summed E-state index contributed by atoms with van der Waals surface area (Å²) in [5, 5.41) is 24.9. The molecule has 8 nitrogen and oxygen atoms in total. The maximum Gasteiger partial charge on any atom is 0.388 e. The number of alkyl halides is 2. The molecule has 1 saturated carbocycles. The van der Waals surface area contributed by atoms with E-state index in [0.29, 0.717) is 24.9 Å². The van der Waals surface area contributed by atoms with E-state index in [2.05, 4.69) is 20.4 Å². The van der Waals surface area contributed by atoms with Crippen molar-refractivity contribution >= 4 is 23.2 Å². The second-order valence-corrected chi connectivity index (χ2v) is 8.95. The van der Waals surface area contributed by atoms with Crippen molar-refractivity contribution in [2.75, 3.05) is 5.32 Å². The lowest BCUT2D eigenvalue weighted by Crippen LogP contribution is -2.69. The molecule has 0 unspecified atom stereocenters. The average Bonchev–Trinajstić information content (AvgIpc) is 2.67. The molecule has 1 aliphatic heterocycles. The number of carbonyl (C=O) groups is 1. The lowest BCUT2D eigenvalue weighted by molar-refractivity contribution is -0.140. The molecule has 2 fully saturated rings. The first kappa shape index (κ1) is 20.6. The van der Waals surface area contributed by atoms with Crippen LogP contribution in [0.1, 0.15) is 37.3 Å². The monoisotopic (exact) mass is 443 g/mol. The van der Waals surface area contributed by atoms with Gasteiger partial charge in [0.2, 0.25) is 11.8 Å². The van der Waals surface area contributed by atoms with Crippen molar-refractivity contribution in [1.82, 2.24) is 15.2 Å². The molecule has 1 aromatic carbocycles. The van der Waals surface area contributed by atoms with Crippen LogP contribution in [-0.4, -0.2) is 45.1 Å². The molecular weight excluding hydrogens is 420 g/mol. The number of amides is 1. The number of nitrogens with one attached hydrogen (secondary N) is 3. The molecule has 2 aromatic rings. The number of hydrogen-bond acceptors (Lipinski definition) is 6. The molecule has 4 N–H and O–H groups in total. The minimum absolute atomic E-state index is 0.0737. The second-order valence-electron chi connectivity index (χ2n) is 8.95. The topological polar surface area (TPSA) is 111 Å². The molecule has 1 aromatic heterocycles. The van der Waals surface area contributed by atoms with Crippen molar-refractivity contribution in [3.63, 3.8) is 0 Å². The van der Waals surface area contributed by atoms with Crippen LogP contribution in [0, 0.1) is 5.41 Å². The molecule has 5 rings (SSSR count). The third kappa shape index (κ3) is 3.44. The quantitative estimate of drug-likeness (QED) is 0.566. The molecule has 10 heteroatoms. The molecule has 3 aliphatic rings. The Balaban J connectivity index is 1.31. The molecule has 1 amide bonds. The fourth-order valence-corrected chi connectivity index (χ4v) is 5.00. The van der Waals surface area contributed by atoms with E-state index in [1.807, 2.05) is 18.2 Å². The molecule has 1 atom stereocenters. The van der Waals surface area contributed by atoms with E-state index in [4.69, 9.17) is 5.41 Å². The first-order valence-electron chi connectivity index (χ1n) is 10.4. The number of nitrogens with zero attached hydrogens (tertiary/aromatic N) is 2. The molecule has 2 aliphatic carbocycles. The van der Waals surface area contributed by atoms with Crippen molar-refractivity contribution in [3.05, 3.63) is 47.7 Å². The molecule has 1 spiro atoms. The lowest BCUT2D eigenvalue weighted by atomic mass is 9.66. The first-order valence-corrected chi connectivity index (χ1v) is 10.4. The number of guanidine groups is 1. The van der Waals surface area contributed by atoms with Gasteiger partial charge in [0.1, 0.15) is 0 Å². The van der Waals surface area contributed by atoms with Gasteiger partial charge >= 0.3 is 6.61 Å². The number of rotatable bonds is 5. The maximum atomic E-state index is 12.9. The van der Waals surface area contributed by atoms with E-state index in [1.165, 1.54) is 17.2 Å². The van der Waals surface area contributed by atoms with Gasteiger partial charge in [0.05, 0.1) is 29.4 Å². The van der Waals surface area contributed by atoms with Gasteiger partial charge in [0.25, 0.3) is 0 Å². The normalized spacial score (nSPS) is 28.7. The molecule has 2 heterocycles. The number of hydrogen-bond donors (Lipinski definition) is 4. The van der Waals surface area contributed by atoms with Crippen LogP contribution in [0.5, 0.6) is 5.88 Å². The predicted molar refractivity (Wildman–Crippen MR) is 112 cm³/mol. The zero-order valence-corrected chi connectivity index (χ0v) is 17.4. The summed E-state index contributed by atoms with van der Waals surface area (Å²) in [4.78, 5) is 18.3. The van der Waals surface area contributed by atoms with Crippen molar-refractivity contribution in [3.8, 4) is 5.88 Å². The van der Waals surface area contributed by atoms with Gasteiger partial charge in [-0.3, -0.25) is 15.1 Å². The average molecular weight is 443 g/mol. The van der Waals surface area contributed by atoms with Crippen LogP contribution in [0.4, 0.5) is 20.2 Å². The van der Waals surface area contributed by atoms with Crippen LogP contribution in [0.3, 0.4) is 0 Å². The summed E-state index contributed by atoms with van der Waals surface area (Å²) in [6.07, 6.45) is 3.15. The second kappa shape index (κ2) is 7.13. The van der Waals surface area contributed by atoms with Gasteiger partial charge in [-0.05, 0) is 43.0 Å². The summed E-state index contributed by atoms with van der Waals surface area (Å²) < 4.78 is 28.8. The highest BCUT2D eigenvalue weighted by molar-refractivity contribution is 6.00. The highest BCUT2D eigenvalue weighted by atomic mass is 19.3. The Kier molecular flexibility index (Phi) is 4.59. The van der Waals surface area contributed by atoms with Gasteiger partial charge in [-0.15, -0.1) is 0 Å². The highest BCUT2D eigenvalue weighted by Crippen LogP contribution is 2.48. The number of anilines is 2. The van der Waals surface area contributed by atoms with Gasteiger partial charge < -0.3 is 20.5 Å². The number of carbonyl (C=O) groups excluding carboxylic acids is 1. The molecule has 32 heavy (non-hydrogen) atoms. The standard InChI is InChI=1S/C22H23F2N5O3/c1-21(31)7-13(8-21)29-18(30)10-22(28-20(29)25)9-14-15(22)3-2-4-16(14)27-12-5-6-17(26-11-12)32-19(23)24/h2-6,11,13,19,27,31H,7-10H2,1H3,(H2,25,28)/t13-,21+,22-/m0/s1. The van der Waals surface area contributed by atoms with Crippen LogP contribution in [-0.2, 0) is 16.8 Å². The highest BCUT2D eigenvalue weighted by Gasteiger charge is 2.54. The molecule has 0 radical (unpaired) electrons. The van der Waals surface area contributed by atoms with Crippen LogP contribution in [0.15, 0.2) is 36.5 Å². The van der Waals surface area contributed by atoms with E-state index in [1.54, 1.807) is 13.0 Å². The lowest BCUT2D eigenvalue weighted by Gasteiger charge is -2.54. The van der Waals surface area contributed by atoms with E-state index < -0.39 is 17.8 Å². The van der Waals surface area contributed by atoms with Gasteiger partial charge in [-0.2, -0.15) is 8.78 Å². The molecule has 168 valence electrons. The van der Waals surface area contributed by atoms with Crippen LogP contribution >= 0.6 is 0 Å².